The summed E-state index contributed by atoms with van der Waals surface area (Å²) in [5.41, 5.74) is 1.70. The standard InChI is InChI=1S/C24H18O4/c25-20(17-11-5-2-6-12-17)15-19(16-9-3-1-4-10-16)22-23(26)18-13-7-8-14-21(18)28-24(22)27/h1-14,19,22H,15H2. The fraction of sp³-hybridized carbons (Fsp3) is 0.125. The van der Waals surface area contributed by atoms with E-state index in [0.29, 0.717) is 11.1 Å². The van der Waals surface area contributed by atoms with E-state index in [0.717, 1.165) is 5.56 Å². The zero-order valence-electron chi connectivity index (χ0n) is 15.1. The van der Waals surface area contributed by atoms with E-state index in [1.54, 1.807) is 48.5 Å². The molecule has 0 fully saturated rings. The fourth-order valence-electron chi connectivity index (χ4n) is 3.62. The predicted molar refractivity (Wildman–Crippen MR) is 104 cm³/mol. The molecule has 1 heterocycles. The summed E-state index contributed by atoms with van der Waals surface area (Å²) in [5.74, 6) is -2.41. The van der Waals surface area contributed by atoms with Gasteiger partial charge in [0.2, 0.25) is 0 Å². The number of para-hydroxylation sites is 1. The summed E-state index contributed by atoms with van der Waals surface area (Å²) in [6.07, 6.45) is 0.0434. The van der Waals surface area contributed by atoms with Crippen LogP contribution in [-0.2, 0) is 4.79 Å². The molecule has 0 aromatic heterocycles. The zero-order chi connectivity index (χ0) is 19.5. The molecule has 0 saturated carbocycles. The van der Waals surface area contributed by atoms with Crippen molar-refractivity contribution >= 4 is 17.5 Å². The molecule has 4 nitrogen and oxygen atoms in total. The molecule has 1 aliphatic heterocycles. The van der Waals surface area contributed by atoms with Crippen molar-refractivity contribution in [3.8, 4) is 5.75 Å². The van der Waals surface area contributed by atoms with Crippen molar-refractivity contribution in [2.24, 2.45) is 5.92 Å². The summed E-state index contributed by atoms with van der Waals surface area (Å²) in [5, 5.41) is 0. The van der Waals surface area contributed by atoms with Gasteiger partial charge in [-0.15, -0.1) is 0 Å². The summed E-state index contributed by atoms with van der Waals surface area (Å²) in [6, 6.07) is 24.8. The van der Waals surface area contributed by atoms with Gasteiger partial charge in [-0.3, -0.25) is 14.4 Å². The lowest BCUT2D eigenvalue weighted by Gasteiger charge is -2.28. The lowest BCUT2D eigenvalue weighted by Crippen LogP contribution is -2.38. The number of ketones is 2. The largest absolute Gasteiger partial charge is 0.425 e. The number of carbonyl (C=O) groups excluding carboxylic acids is 3. The lowest BCUT2D eigenvalue weighted by atomic mass is 9.76. The van der Waals surface area contributed by atoms with Crippen molar-refractivity contribution in [2.45, 2.75) is 12.3 Å². The maximum atomic E-state index is 13.1. The first-order chi connectivity index (χ1) is 13.6. The number of rotatable bonds is 5. The molecular formula is C24H18O4. The van der Waals surface area contributed by atoms with E-state index in [4.69, 9.17) is 4.74 Å². The van der Waals surface area contributed by atoms with Crippen molar-refractivity contribution in [3.63, 3.8) is 0 Å². The maximum absolute atomic E-state index is 13.1. The molecule has 0 saturated heterocycles. The Balaban J connectivity index is 1.73. The molecule has 28 heavy (non-hydrogen) atoms. The third kappa shape index (κ3) is 3.37. The molecule has 0 radical (unpaired) electrons. The lowest BCUT2D eigenvalue weighted by molar-refractivity contribution is -0.138. The van der Waals surface area contributed by atoms with Crippen LogP contribution in [0.3, 0.4) is 0 Å². The molecule has 0 spiro atoms. The molecular weight excluding hydrogens is 352 g/mol. The maximum Gasteiger partial charge on any atom is 0.322 e. The van der Waals surface area contributed by atoms with Gasteiger partial charge < -0.3 is 4.74 Å². The molecule has 0 N–H and O–H groups in total. The van der Waals surface area contributed by atoms with E-state index in [9.17, 15) is 14.4 Å². The Morgan fingerprint density at radius 3 is 2.14 bits per heavy atom. The molecule has 4 rings (SSSR count). The average Bonchev–Trinajstić information content (AvgIpc) is 2.74. The summed E-state index contributed by atoms with van der Waals surface area (Å²) in [7, 11) is 0. The van der Waals surface area contributed by atoms with Gasteiger partial charge in [0.05, 0.1) is 5.56 Å². The molecule has 3 aromatic rings. The third-order valence-corrected chi connectivity index (χ3v) is 5.03. The summed E-state index contributed by atoms with van der Waals surface area (Å²) >= 11 is 0. The first-order valence-corrected chi connectivity index (χ1v) is 9.13. The Hall–Kier alpha value is -3.53. The quantitative estimate of drug-likeness (QED) is 0.288. The minimum Gasteiger partial charge on any atom is -0.425 e. The van der Waals surface area contributed by atoms with Gasteiger partial charge in [-0.25, -0.2) is 0 Å². The predicted octanol–water partition coefficient (Wildman–Crippen LogP) is 4.46. The van der Waals surface area contributed by atoms with E-state index in [-0.39, 0.29) is 23.7 Å². The third-order valence-electron chi connectivity index (χ3n) is 5.03. The molecule has 2 atom stereocenters. The Labute approximate surface area is 162 Å². The Morgan fingerprint density at radius 1 is 0.821 bits per heavy atom. The SMILES string of the molecule is O=C(CC(c1ccccc1)C1C(=O)Oc2ccccc2C1=O)c1ccccc1. The number of esters is 1. The van der Waals surface area contributed by atoms with Gasteiger partial charge in [-0.2, -0.15) is 0 Å². The van der Waals surface area contributed by atoms with E-state index in [2.05, 4.69) is 0 Å². The highest BCUT2D eigenvalue weighted by Crippen LogP contribution is 2.38. The Morgan fingerprint density at radius 2 is 1.43 bits per heavy atom. The smallest absolute Gasteiger partial charge is 0.322 e. The molecule has 1 aliphatic rings. The van der Waals surface area contributed by atoms with Crippen LogP contribution < -0.4 is 4.74 Å². The normalized spacial score (nSPS) is 16.8. The van der Waals surface area contributed by atoms with Crippen LogP contribution in [0.25, 0.3) is 0 Å². The summed E-state index contributed by atoms with van der Waals surface area (Å²) < 4.78 is 5.43. The summed E-state index contributed by atoms with van der Waals surface area (Å²) in [6.45, 7) is 0. The summed E-state index contributed by atoms with van der Waals surface area (Å²) in [4.78, 5) is 38.8. The van der Waals surface area contributed by atoms with Crippen LogP contribution in [0.15, 0.2) is 84.9 Å². The van der Waals surface area contributed by atoms with E-state index in [1.807, 2.05) is 36.4 Å². The topological polar surface area (TPSA) is 60.4 Å². The molecule has 3 aromatic carbocycles. The molecule has 2 unspecified atom stereocenters. The average molecular weight is 370 g/mol. The van der Waals surface area contributed by atoms with Crippen LogP contribution in [0.5, 0.6) is 5.75 Å². The van der Waals surface area contributed by atoms with Gasteiger partial charge in [-0.05, 0) is 17.7 Å². The highest BCUT2D eigenvalue weighted by Gasteiger charge is 2.43. The first-order valence-electron chi connectivity index (χ1n) is 9.13. The van der Waals surface area contributed by atoms with E-state index in [1.165, 1.54) is 0 Å². The monoisotopic (exact) mass is 370 g/mol. The minimum atomic E-state index is -1.05. The number of hydrogen-bond acceptors (Lipinski definition) is 4. The second-order valence-electron chi connectivity index (χ2n) is 6.77. The van der Waals surface area contributed by atoms with Gasteiger partial charge in [0.1, 0.15) is 11.7 Å². The van der Waals surface area contributed by atoms with Crippen LogP contribution in [0.4, 0.5) is 0 Å². The van der Waals surface area contributed by atoms with Crippen LogP contribution >= 0.6 is 0 Å². The van der Waals surface area contributed by atoms with Crippen molar-refractivity contribution in [3.05, 3.63) is 102 Å². The highest BCUT2D eigenvalue weighted by molar-refractivity contribution is 6.14. The van der Waals surface area contributed by atoms with Crippen LogP contribution in [-0.4, -0.2) is 17.5 Å². The van der Waals surface area contributed by atoms with Gasteiger partial charge >= 0.3 is 5.97 Å². The molecule has 138 valence electrons. The van der Waals surface area contributed by atoms with E-state index >= 15 is 0 Å². The molecule has 0 amide bonds. The number of carbonyl (C=O) groups is 3. The van der Waals surface area contributed by atoms with Crippen molar-refractivity contribution in [2.75, 3.05) is 0 Å². The van der Waals surface area contributed by atoms with Gasteiger partial charge in [0.15, 0.2) is 11.6 Å². The van der Waals surface area contributed by atoms with Crippen molar-refractivity contribution < 1.29 is 19.1 Å². The number of hydrogen-bond donors (Lipinski definition) is 0. The Kier molecular flexibility index (Phi) is 4.85. The van der Waals surface area contributed by atoms with Gasteiger partial charge in [-0.1, -0.05) is 72.8 Å². The number of ether oxygens (including phenoxy) is 1. The molecule has 0 aliphatic carbocycles. The number of benzene rings is 3. The van der Waals surface area contributed by atoms with Gasteiger partial charge in [0, 0.05) is 17.9 Å². The van der Waals surface area contributed by atoms with E-state index < -0.39 is 17.8 Å². The van der Waals surface area contributed by atoms with Crippen molar-refractivity contribution in [1.29, 1.82) is 0 Å². The molecule has 4 heteroatoms. The van der Waals surface area contributed by atoms with Crippen molar-refractivity contribution in [1.82, 2.24) is 0 Å². The number of Topliss-reactive ketones (excluding diaryl/α,β-unsaturated/α-hetero) is 2. The fourth-order valence-corrected chi connectivity index (χ4v) is 3.62. The molecule has 0 bridgehead atoms. The van der Waals surface area contributed by atoms with Crippen LogP contribution in [0.1, 0.15) is 38.6 Å². The zero-order valence-corrected chi connectivity index (χ0v) is 15.1. The van der Waals surface area contributed by atoms with Crippen LogP contribution in [0, 0.1) is 5.92 Å². The first kappa shape index (κ1) is 17.9. The van der Waals surface area contributed by atoms with Crippen LogP contribution in [0.2, 0.25) is 0 Å². The Bertz CT molecular complexity index is 1020. The minimum absolute atomic E-state index is 0.0434. The highest BCUT2D eigenvalue weighted by atomic mass is 16.5. The van der Waals surface area contributed by atoms with Gasteiger partial charge in [0.25, 0.3) is 0 Å². The number of fused-ring (bicyclic) bond motifs is 1. The second kappa shape index (κ2) is 7.61. The second-order valence-corrected chi connectivity index (χ2v) is 6.77.